The Morgan fingerprint density at radius 3 is 0.577 bits per heavy atom. The first-order valence-corrected chi connectivity index (χ1v) is 57.8. The van der Waals surface area contributed by atoms with Crippen LogP contribution in [-0.4, -0.2) is 229 Å². The molecule has 0 unspecified atom stereocenters. The molecule has 21 nitrogen and oxygen atoms in total. The van der Waals surface area contributed by atoms with E-state index in [9.17, 15) is 8.42 Å². The third-order valence-corrected chi connectivity index (χ3v) is 66.2. The molecule has 7 aromatic carbocycles. The third kappa shape index (κ3) is 16.0. The fraction of sp³-hybridized carbons (Fsp3) is 0.364. The molecular weight excluding hydrogens is 1970 g/mol. The molecule has 0 spiro atoms. The Bertz CT molecular complexity index is 4370. The van der Waals surface area contributed by atoms with Crippen LogP contribution in [0.3, 0.4) is 0 Å². The minimum atomic E-state index is -5.54. The molecule has 0 fully saturated rings. The molecule has 0 aliphatic rings. The zero-order chi connectivity index (χ0) is 71.8. The molecule has 31 heteroatoms. The summed E-state index contributed by atoms with van der Waals surface area (Å²) >= 11 is -15.9. The molecule has 0 bridgehead atoms. The molecule has 7 aromatic rings. The Morgan fingerprint density at radius 2 is 0.381 bits per heavy atom. The second-order valence-electron chi connectivity index (χ2n) is 21.7. The van der Waals surface area contributed by atoms with E-state index in [0.29, 0.717) is 0 Å². The molecule has 0 radical (unpaired) electrons. The van der Waals surface area contributed by atoms with Crippen LogP contribution < -0.4 is 34.6 Å². The van der Waals surface area contributed by atoms with Gasteiger partial charge in [-0.25, -0.2) is 0 Å². The van der Waals surface area contributed by atoms with Crippen LogP contribution in [0.5, 0.6) is 0 Å². The summed E-state index contributed by atoms with van der Waals surface area (Å²) < 4.78 is 228. The number of rotatable bonds is 34. The predicted octanol–water partition coefficient (Wildman–Crippen LogP) is 2.07. The van der Waals surface area contributed by atoms with Gasteiger partial charge in [-0.1, -0.05) is 0 Å². The predicted molar refractivity (Wildman–Crippen MR) is 391 cm³/mol. The third-order valence-electron chi connectivity index (χ3n) is 16.6. The molecule has 0 saturated heterocycles. The van der Waals surface area contributed by atoms with Gasteiger partial charge in [0.15, 0.2) is 0 Å². The van der Waals surface area contributed by atoms with Crippen molar-refractivity contribution in [2.24, 2.45) is 5.14 Å². The topological polar surface area (TPSA) is 284 Å². The van der Waals surface area contributed by atoms with E-state index in [4.69, 9.17) is 5.14 Å². The van der Waals surface area contributed by atoms with Gasteiger partial charge < -0.3 is 0 Å². The van der Waals surface area contributed by atoms with Crippen molar-refractivity contribution in [1.82, 2.24) is 25.8 Å². The summed E-state index contributed by atoms with van der Waals surface area (Å²) in [5.41, 5.74) is 0. The van der Waals surface area contributed by atoms with Crippen molar-refractivity contribution in [1.29, 1.82) is 0 Å². The number of hydrogen-bond acceptors (Lipinski definition) is 14. The first-order valence-electron chi connectivity index (χ1n) is 32.0. The molecule has 0 amide bonds. The van der Waals surface area contributed by atoms with Gasteiger partial charge in [0.2, 0.25) is 0 Å². The van der Waals surface area contributed by atoms with Crippen molar-refractivity contribution >= 4 is 165 Å². The quantitative estimate of drug-likeness (QED) is 0.0566. The van der Waals surface area contributed by atoms with Crippen molar-refractivity contribution in [2.45, 2.75) is 117 Å². The zero-order valence-electron chi connectivity index (χ0n) is 56.7. The van der Waals surface area contributed by atoms with Crippen LogP contribution in [0, 0.1) is 0 Å². The van der Waals surface area contributed by atoms with Gasteiger partial charge in [-0.2, -0.15) is 0 Å². The average Bonchev–Trinajstić information content (AvgIpc) is 0.722. The molecule has 0 heterocycles. The van der Waals surface area contributed by atoms with Crippen LogP contribution >= 0.6 is 0 Å². The Labute approximate surface area is 601 Å². The van der Waals surface area contributed by atoms with E-state index in [-0.39, 0.29) is 128 Å². The molecule has 0 aliphatic carbocycles. The summed E-state index contributed by atoms with van der Waals surface area (Å²) in [6.45, 7) is 19.6. The summed E-state index contributed by atoms with van der Waals surface area (Å²) in [5, 5.41) is 6.29. The van der Waals surface area contributed by atoms with Crippen molar-refractivity contribution in [2.75, 3.05) is 78.5 Å². The van der Waals surface area contributed by atoms with E-state index in [0.717, 1.165) is 0 Å². The Morgan fingerprint density at radius 1 is 0.227 bits per heavy atom. The van der Waals surface area contributed by atoms with E-state index >= 15 is 50.5 Å². The van der Waals surface area contributed by atoms with Gasteiger partial charge in [-0.15, -0.1) is 0 Å². The van der Waals surface area contributed by atoms with Crippen LogP contribution in [-0.2, 0) is 70.2 Å². The van der Waals surface area contributed by atoms with Crippen molar-refractivity contribution < 1.29 is 58.9 Å². The van der Waals surface area contributed by atoms with E-state index in [1.165, 1.54) is 86.5 Å². The Hall–Kier alpha value is -3.44. The van der Waals surface area contributed by atoms with Crippen LogP contribution in [0.2, 0.25) is 0 Å². The zero-order valence-corrected chi connectivity index (χ0v) is 72.8. The monoisotopic (exact) mass is 2050 g/mol. The number of nitrogens with two attached hydrogens (primary N) is 1. The van der Waals surface area contributed by atoms with Crippen LogP contribution in [0.1, 0.15) is 83.1 Å². The van der Waals surface area contributed by atoms with Gasteiger partial charge in [0.25, 0.3) is 0 Å². The number of benzene rings is 7. The first kappa shape index (κ1) is 80.9. The maximum atomic E-state index is 16.9. The maximum absolute atomic E-state index is 16.9. The molecule has 97 heavy (non-hydrogen) atoms. The second-order valence-corrected chi connectivity index (χ2v) is 59.3. The molecule has 0 aromatic heterocycles. The molecular formula is C66H88Bi3N7O14S7. The number of primary sulfonamides is 1. The summed E-state index contributed by atoms with van der Waals surface area (Å²) in [6, 6.07) is 39.7. The second kappa shape index (κ2) is 33.8. The van der Waals surface area contributed by atoms with E-state index in [2.05, 4.69) is 0 Å². The standard InChI is InChI=1S/4C10H14NO2S.2C10H13NO2S.C6H6NO2S.3Bi/c6*1-3-11(4-2)14(12,13)10-8-6-5-7-9-10;7-10(8,9)6-4-2-1-3-5-6;;;/h4*5-8H,3-4H2,1-2H3;2*5-7H,3-4H2,1-2H3;1-4H,(H2,7,8,9);;;. The van der Waals surface area contributed by atoms with Crippen molar-refractivity contribution in [3.63, 3.8) is 0 Å². The van der Waals surface area contributed by atoms with Gasteiger partial charge in [-0.3, -0.25) is 0 Å². The SMILES string of the molecule is CCN(CC)S(=O)(=O)c1cccc[c]1[Bi]([c]1ccccc1S(=O)(=O)N(CC)CC)[c]1ccc[c]([Bi]([c]2ccccc2S(N)(=O)=O)[c]2ccc[c]([Bi]([c]3ccccc3S(=O)(=O)N(CC)CC)[c]3ccccc3S(=O)(=O)N(CC)CC)c2S(=O)(=O)N(CC)CC)c1S(=O)(=O)N(CC)CC. The molecule has 7 rings (SSSR count). The van der Waals surface area contributed by atoms with Crippen molar-refractivity contribution in [3.8, 4) is 0 Å². The summed E-state index contributed by atoms with van der Waals surface area (Å²) in [4.78, 5) is -2.01. The van der Waals surface area contributed by atoms with Gasteiger partial charge in [0.1, 0.15) is 0 Å². The van der Waals surface area contributed by atoms with Crippen LogP contribution in [0.4, 0.5) is 0 Å². The van der Waals surface area contributed by atoms with Gasteiger partial charge in [0.05, 0.1) is 0 Å². The van der Waals surface area contributed by atoms with Gasteiger partial charge in [-0.05, 0) is 0 Å². The molecule has 0 aliphatic heterocycles. The van der Waals surface area contributed by atoms with E-state index in [1.54, 1.807) is 180 Å². The normalized spacial score (nSPS) is 13.3. The fourth-order valence-electron chi connectivity index (χ4n) is 11.9. The summed E-state index contributed by atoms with van der Waals surface area (Å²) in [7, 11) is -32.7. The van der Waals surface area contributed by atoms with Gasteiger partial charge >= 0.3 is 608 Å². The summed E-state index contributed by atoms with van der Waals surface area (Å²) in [6.07, 6.45) is 0. The van der Waals surface area contributed by atoms with Crippen molar-refractivity contribution in [3.05, 3.63) is 158 Å². The fourth-order valence-corrected chi connectivity index (χ4v) is 72.4. The number of sulfonamides is 7. The minimum absolute atomic E-state index is 0.0127. The van der Waals surface area contributed by atoms with Gasteiger partial charge in [0, 0.05) is 0 Å². The van der Waals surface area contributed by atoms with E-state index in [1.807, 2.05) is 0 Å². The van der Waals surface area contributed by atoms with Crippen LogP contribution in [0.25, 0.3) is 0 Å². The molecule has 0 saturated carbocycles. The number of hydrogen-bond donors (Lipinski definition) is 1. The van der Waals surface area contributed by atoms with Crippen LogP contribution in [0.15, 0.2) is 192 Å². The molecule has 2 N–H and O–H groups in total. The number of nitrogens with zero attached hydrogens (tertiary/aromatic N) is 6. The Kier molecular flexibility index (Phi) is 28.2. The average molecular weight is 2050 g/mol. The summed E-state index contributed by atoms with van der Waals surface area (Å²) in [5.74, 6) is 0. The molecule has 0 atom stereocenters. The van der Waals surface area contributed by atoms with E-state index < -0.39 is 150 Å². The Balaban J connectivity index is 1.89. The first-order chi connectivity index (χ1) is 45.9. The molecule has 528 valence electrons.